The lowest BCUT2D eigenvalue weighted by Crippen LogP contribution is -2.57. The summed E-state index contributed by atoms with van der Waals surface area (Å²) in [7, 11) is 0. The average Bonchev–Trinajstić information content (AvgIpc) is 2.93. The summed E-state index contributed by atoms with van der Waals surface area (Å²) < 4.78 is 0. The van der Waals surface area contributed by atoms with E-state index in [-0.39, 0.29) is 31.6 Å². The maximum Gasteiger partial charge on any atom is 0.303 e. The molecule has 0 saturated carbocycles. The number of hydrogen-bond donors (Lipinski definition) is 8. The van der Waals surface area contributed by atoms with Crippen LogP contribution in [0.5, 0.6) is 0 Å². The van der Waals surface area contributed by atoms with Crippen LogP contribution >= 0.6 is 0 Å². The van der Waals surface area contributed by atoms with Gasteiger partial charge in [-0.3, -0.25) is 34.0 Å². The lowest BCUT2D eigenvalue weighted by atomic mass is 9.92. The molecular formula is C28H44N6O8. The van der Waals surface area contributed by atoms with Crippen molar-refractivity contribution >= 4 is 35.5 Å². The predicted octanol–water partition coefficient (Wildman–Crippen LogP) is -0.280. The molecule has 0 saturated heterocycles. The lowest BCUT2D eigenvalue weighted by Gasteiger charge is -2.26. The van der Waals surface area contributed by atoms with Gasteiger partial charge in [-0.1, -0.05) is 44.2 Å². The van der Waals surface area contributed by atoms with Crippen LogP contribution in [-0.2, 0) is 35.2 Å². The fourth-order valence-electron chi connectivity index (χ4n) is 4.33. The number of carbonyl (C=O) groups is 6. The molecule has 42 heavy (non-hydrogen) atoms. The van der Waals surface area contributed by atoms with Crippen LogP contribution in [0.3, 0.4) is 0 Å². The van der Waals surface area contributed by atoms with E-state index in [2.05, 4.69) is 16.0 Å². The van der Waals surface area contributed by atoms with Crippen LogP contribution in [0.2, 0.25) is 0 Å². The zero-order valence-electron chi connectivity index (χ0n) is 24.1. The lowest BCUT2D eigenvalue weighted by molar-refractivity contribution is -0.139. The van der Waals surface area contributed by atoms with E-state index in [1.54, 1.807) is 30.3 Å². The Labute approximate surface area is 245 Å². The molecule has 0 aliphatic heterocycles. The first kappa shape index (κ1) is 36.0. The van der Waals surface area contributed by atoms with E-state index >= 15 is 0 Å². The smallest absolute Gasteiger partial charge is 0.303 e. The third-order valence-electron chi connectivity index (χ3n) is 6.49. The van der Waals surface area contributed by atoms with Gasteiger partial charge in [0.15, 0.2) is 0 Å². The normalized spacial score (nSPS) is 13.7. The summed E-state index contributed by atoms with van der Waals surface area (Å²) in [5.74, 6) is -5.79. The number of primary amides is 1. The number of carbonyl (C=O) groups excluding carboxylic acids is 5. The number of benzene rings is 1. The fourth-order valence-corrected chi connectivity index (χ4v) is 4.33. The molecule has 234 valence electrons. The van der Waals surface area contributed by atoms with E-state index in [9.17, 15) is 33.9 Å². The zero-order chi connectivity index (χ0) is 31.7. The molecule has 0 radical (unpaired) electrons. The largest absolute Gasteiger partial charge is 0.481 e. The Bertz CT molecular complexity index is 1050. The maximum atomic E-state index is 13.5. The number of carboxylic acid groups (broad SMARTS) is 1. The van der Waals surface area contributed by atoms with Gasteiger partial charge in [0.1, 0.15) is 18.1 Å². The molecule has 0 unspecified atom stereocenters. The molecule has 1 rings (SSSR count). The van der Waals surface area contributed by atoms with Gasteiger partial charge in [-0.25, -0.2) is 5.48 Å². The van der Waals surface area contributed by atoms with Gasteiger partial charge >= 0.3 is 5.97 Å². The van der Waals surface area contributed by atoms with Crippen molar-refractivity contribution in [2.45, 2.75) is 83.3 Å². The highest BCUT2D eigenvalue weighted by molar-refractivity contribution is 5.95. The number of unbranched alkanes of at least 4 members (excludes halogenated alkanes) is 1. The van der Waals surface area contributed by atoms with Crippen molar-refractivity contribution < 1.29 is 39.1 Å². The second-order valence-corrected chi connectivity index (χ2v) is 10.6. The summed E-state index contributed by atoms with van der Waals surface area (Å²) in [6.07, 6.45) is 0.558. The Morgan fingerprint density at radius 2 is 1.43 bits per heavy atom. The number of hydrogen-bond acceptors (Lipinski definition) is 8. The molecule has 14 nitrogen and oxygen atoms in total. The van der Waals surface area contributed by atoms with Crippen LogP contribution in [0.15, 0.2) is 30.3 Å². The molecule has 0 aromatic heterocycles. The molecule has 1 aromatic rings. The Hall–Kier alpha value is -4.04. The number of rotatable bonds is 20. The third kappa shape index (κ3) is 14.0. The highest BCUT2D eigenvalue weighted by atomic mass is 16.5. The van der Waals surface area contributed by atoms with Gasteiger partial charge in [0.2, 0.25) is 29.5 Å². The average molecular weight is 593 g/mol. The van der Waals surface area contributed by atoms with E-state index in [1.165, 1.54) is 5.48 Å². The quantitative estimate of drug-likeness (QED) is 0.0563. The summed E-state index contributed by atoms with van der Waals surface area (Å²) >= 11 is 0. The number of nitrogens with one attached hydrogen (secondary N) is 4. The molecule has 0 fully saturated rings. The number of nitrogens with two attached hydrogens (primary N) is 2. The van der Waals surface area contributed by atoms with Gasteiger partial charge in [-0.2, -0.15) is 0 Å². The van der Waals surface area contributed by atoms with Gasteiger partial charge in [0.05, 0.1) is 0 Å². The van der Waals surface area contributed by atoms with Crippen LogP contribution in [-0.4, -0.2) is 70.5 Å². The topological polar surface area (TPSA) is 243 Å². The maximum absolute atomic E-state index is 13.5. The summed E-state index contributed by atoms with van der Waals surface area (Å²) in [5, 5.41) is 25.8. The zero-order valence-corrected chi connectivity index (χ0v) is 24.1. The summed E-state index contributed by atoms with van der Waals surface area (Å²) in [5.41, 5.74) is 13.1. The first-order valence-electron chi connectivity index (χ1n) is 14.0. The molecule has 0 aliphatic carbocycles. The van der Waals surface area contributed by atoms with E-state index in [1.807, 2.05) is 13.8 Å². The molecule has 0 spiro atoms. The number of carboxylic acids is 1. The monoisotopic (exact) mass is 592 g/mol. The molecule has 10 N–H and O–H groups in total. The minimum atomic E-state index is -1.35. The van der Waals surface area contributed by atoms with Gasteiger partial charge in [0.25, 0.3) is 0 Å². The van der Waals surface area contributed by atoms with E-state index in [0.717, 1.165) is 0 Å². The second kappa shape index (κ2) is 19.1. The van der Waals surface area contributed by atoms with Crippen molar-refractivity contribution in [1.82, 2.24) is 21.4 Å². The second-order valence-electron chi connectivity index (χ2n) is 10.6. The number of hydroxylamine groups is 1. The van der Waals surface area contributed by atoms with E-state index in [4.69, 9.17) is 16.7 Å². The molecule has 0 aliphatic rings. The first-order valence-corrected chi connectivity index (χ1v) is 14.0. The van der Waals surface area contributed by atoms with Crippen LogP contribution in [0.1, 0.15) is 64.4 Å². The molecule has 14 heteroatoms. The van der Waals surface area contributed by atoms with E-state index in [0.29, 0.717) is 31.4 Å². The molecule has 0 bridgehead atoms. The van der Waals surface area contributed by atoms with Gasteiger partial charge in [-0.05, 0) is 50.1 Å². The van der Waals surface area contributed by atoms with Crippen molar-refractivity contribution in [3.05, 3.63) is 35.9 Å². The minimum Gasteiger partial charge on any atom is -0.481 e. The number of amides is 5. The van der Waals surface area contributed by atoms with Crippen molar-refractivity contribution in [3.63, 3.8) is 0 Å². The predicted molar refractivity (Wildman–Crippen MR) is 152 cm³/mol. The SMILES string of the molecule is CC(C)C[C@H](CC(=O)NO)C(=O)N[C@@H](Cc1ccccc1)C(=O)N[C@@H](CCC(=O)O)C(=O)N[C@@H](CCCCN)C(N)=O. The minimum absolute atomic E-state index is 0.0146. The van der Waals surface area contributed by atoms with Crippen molar-refractivity contribution in [1.29, 1.82) is 0 Å². The highest BCUT2D eigenvalue weighted by Gasteiger charge is 2.31. The highest BCUT2D eigenvalue weighted by Crippen LogP contribution is 2.17. The van der Waals surface area contributed by atoms with Gasteiger partial charge < -0.3 is 32.5 Å². The Morgan fingerprint density at radius 3 is 1.98 bits per heavy atom. The standard InChI is InChI=1S/C28H44N6O8/c1-17(2)14-19(16-23(35)34-42)26(39)33-22(15-18-8-4-3-5-9-18)28(41)32-21(11-12-24(36)37)27(40)31-20(25(30)38)10-6-7-13-29/h3-5,8-9,17,19-22,42H,6-7,10-16,29H2,1-2H3,(H2,30,38)(H,31,40)(H,32,41)(H,33,39)(H,34,35)(H,36,37)/t19-,20+,21+,22+/m1/s1. The van der Waals surface area contributed by atoms with Crippen molar-refractivity contribution in [2.75, 3.05) is 6.54 Å². The summed E-state index contributed by atoms with van der Waals surface area (Å²) in [6, 6.07) is 5.14. The van der Waals surface area contributed by atoms with Crippen LogP contribution in [0.4, 0.5) is 0 Å². The third-order valence-corrected chi connectivity index (χ3v) is 6.49. The van der Waals surface area contributed by atoms with Gasteiger partial charge in [-0.15, -0.1) is 0 Å². The van der Waals surface area contributed by atoms with Crippen molar-refractivity contribution in [2.24, 2.45) is 23.3 Å². The van der Waals surface area contributed by atoms with Crippen LogP contribution in [0, 0.1) is 11.8 Å². The molecule has 1 aromatic carbocycles. The fraction of sp³-hybridized carbons (Fsp3) is 0.571. The van der Waals surface area contributed by atoms with Gasteiger partial charge in [0, 0.05) is 25.2 Å². The van der Waals surface area contributed by atoms with Crippen LogP contribution < -0.4 is 32.9 Å². The molecule has 0 heterocycles. The first-order chi connectivity index (χ1) is 19.9. The molecular weight excluding hydrogens is 548 g/mol. The number of aliphatic carboxylic acids is 1. The van der Waals surface area contributed by atoms with Crippen molar-refractivity contribution in [3.8, 4) is 0 Å². The Morgan fingerprint density at radius 1 is 0.833 bits per heavy atom. The molecule has 4 atom stereocenters. The van der Waals surface area contributed by atoms with Crippen LogP contribution in [0.25, 0.3) is 0 Å². The molecule has 5 amide bonds. The Balaban J connectivity index is 3.23. The Kier molecular flexibility index (Phi) is 16.4. The summed E-state index contributed by atoms with van der Waals surface area (Å²) in [4.78, 5) is 74.9. The van der Waals surface area contributed by atoms with E-state index < -0.39 is 66.0 Å². The summed E-state index contributed by atoms with van der Waals surface area (Å²) in [6.45, 7) is 4.09.